The molecule has 0 fully saturated rings. The van der Waals surface area contributed by atoms with E-state index in [1.165, 1.54) is 7.11 Å². The van der Waals surface area contributed by atoms with Gasteiger partial charge < -0.3 is 15.4 Å². The lowest BCUT2D eigenvalue weighted by Crippen LogP contribution is -2.55. The van der Waals surface area contributed by atoms with E-state index in [0.29, 0.717) is 19.4 Å². The summed E-state index contributed by atoms with van der Waals surface area (Å²) >= 11 is 0. The minimum absolute atomic E-state index is 0.176. The molecule has 0 unspecified atom stereocenters. The van der Waals surface area contributed by atoms with E-state index in [-0.39, 0.29) is 11.9 Å². The van der Waals surface area contributed by atoms with Crippen LogP contribution in [0.4, 0.5) is 10.5 Å². The number of carbonyl (C=O) groups excluding carboxylic acids is 3. The third-order valence-electron chi connectivity index (χ3n) is 5.04. The van der Waals surface area contributed by atoms with E-state index in [1.807, 2.05) is 81.4 Å². The van der Waals surface area contributed by atoms with Gasteiger partial charge in [0.25, 0.3) is 0 Å². The van der Waals surface area contributed by atoms with Crippen LogP contribution in [0.1, 0.15) is 32.8 Å². The molecule has 0 radical (unpaired) electrons. The molecule has 0 aliphatic carbocycles. The number of benzene rings is 2. The van der Waals surface area contributed by atoms with Gasteiger partial charge >= 0.3 is 12.0 Å². The fourth-order valence-corrected chi connectivity index (χ4v) is 3.44. The van der Waals surface area contributed by atoms with Crippen LogP contribution in [0.15, 0.2) is 60.7 Å². The number of urea groups is 1. The molecule has 0 bridgehead atoms. The Morgan fingerprint density at radius 3 is 2.03 bits per heavy atom. The van der Waals surface area contributed by atoms with Crippen molar-refractivity contribution in [3.05, 3.63) is 66.2 Å². The number of nitrogens with one attached hydrogen (secondary N) is 2. The Bertz CT molecular complexity index is 871. The maximum absolute atomic E-state index is 13.2. The first kappa shape index (κ1) is 24.9. The summed E-state index contributed by atoms with van der Waals surface area (Å²) < 4.78 is 4.86. The molecular formula is C25H33N3O4. The molecule has 2 N–H and O–H groups in total. The average Bonchev–Trinajstić information content (AvgIpc) is 2.79. The maximum atomic E-state index is 13.2. The fraction of sp³-hybridized carbons (Fsp3) is 0.400. The Kier molecular flexibility index (Phi) is 9.73. The number of amides is 3. The fourth-order valence-electron chi connectivity index (χ4n) is 3.44. The van der Waals surface area contributed by atoms with Crippen LogP contribution in [0.5, 0.6) is 0 Å². The summed E-state index contributed by atoms with van der Waals surface area (Å²) in [5.74, 6) is -0.756. The van der Waals surface area contributed by atoms with Gasteiger partial charge in [-0.15, -0.1) is 0 Å². The average molecular weight is 440 g/mol. The molecule has 7 heteroatoms. The second kappa shape index (κ2) is 12.5. The van der Waals surface area contributed by atoms with Gasteiger partial charge in [0.1, 0.15) is 12.1 Å². The van der Waals surface area contributed by atoms with Crippen LogP contribution in [0, 0.1) is 5.92 Å². The van der Waals surface area contributed by atoms with Crippen LogP contribution in [0.25, 0.3) is 0 Å². The standard InChI is InChI=1S/C25H33N3O4/c1-5-28(20-14-10-7-11-15-20)25(31)27-21(17-19-12-8-6-9-13-19)23(29)26-22(16-18(2)3)24(30)32-4/h6-15,18,21-22H,5,16-17H2,1-4H3,(H,26,29)(H,27,31)/t21-,22-/m0/s1. The first-order chi connectivity index (χ1) is 15.3. The Morgan fingerprint density at radius 1 is 0.906 bits per heavy atom. The lowest BCUT2D eigenvalue weighted by molar-refractivity contribution is -0.145. The smallest absolute Gasteiger partial charge is 0.328 e. The monoisotopic (exact) mass is 439 g/mol. The van der Waals surface area contributed by atoms with E-state index in [2.05, 4.69) is 10.6 Å². The molecule has 0 saturated heterocycles. The van der Waals surface area contributed by atoms with Crippen molar-refractivity contribution in [2.24, 2.45) is 5.92 Å². The topological polar surface area (TPSA) is 87.7 Å². The van der Waals surface area contributed by atoms with Gasteiger partial charge in [0, 0.05) is 18.7 Å². The van der Waals surface area contributed by atoms with E-state index in [0.717, 1.165) is 11.3 Å². The molecule has 172 valence electrons. The number of methoxy groups -OCH3 is 1. The molecule has 2 aromatic rings. The Labute approximate surface area is 190 Å². The lowest BCUT2D eigenvalue weighted by atomic mass is 10.0. The van der Waals surface area contributed by atoms with Crippen LogP contribution < -0.4 is 15.5 Å². The second-order valence-corrected chi connectivity index (χ2v) is 7.99. The summed E-state index contributed by atoms with van der Waals surface area (Å²) in [7, 11) is 1.30. The minimum atomic E-state index is -0.859. The number of para-hydroxylation sites is 1. The van der Waals surface area contributed by atoms with Gasteiger partial charge in [-0.1, -0.05) is 62.4 Å². The van der Waals surface area contributed by atoms with Crippen LogP contribution in [-0.4, -0.2) is 43.6 Å². The quantitative estimate of drug-likeness (QED) is 0.555. The normalized spacial score (nSPS) is 12.5. The predicted octanol–water partition coefficient (Wildman–Crippen LogP) is 3.54. The van der Waals surface area contributed by atoms with Crippen LogP contribution in [-0.2, 0) is 20.7 Å². The van der Waals surface area contributed by atoms with Gasteiger partial charge in [-0.05, 0) is 37.0 Å². The van der Waals surface area contributed by atoms with Gasteiger partial charge in [-0.2, -0.15) is 0 Å². The minimum Gasteiger partial charge on any atom is -0.467 e. The molecule has 2 rings (SSSR count). The van der Waals surface area contributed by atoms with Crippen LogP contribution >= 0.6 is 0 Å². The number of nitrogens with zero attached hydrogens (tertiary/aromatic N) is 1. The number of esters is 1. The predicted molar refractivity (Wildman–Crippen MR) is 125 cm³/mol. The van der Waals surface area contributed by atoms with E-state index < -0.39 is 24.0 Å². The zero-order chi connectivity index (χ0) is 23.5. The summed E-state index contributed by atoms with van der Waals surface area (Å²) in [5, 5.41) is 5.63. The van der Waals surface area contributed by atoms with Crippen molar-refractivity contribution in [1.29, 1.82) is 0 Å². The molecule has 7 nitrogen and oxygen atoms in total. The third-order valence-corrected chi connectivity index (χ3v) is 5.04. The summed E-state index contributed by atoms with van der Waals surface area (Å²) in [6.45, 7) is 6.23. The van der Waals surface area contributed by atoms with Crippen molar-refractivity contribution in [1.82, 2.24) is 10.6 Å². The van der Waals surface area contributed by atoms with E-state index >= 15 is 0 Å². The molecule has 0 saturated carbocycles. The summed E-state index contributed by atoms with van der Waals surface area (Å²) in [6.07, 6.45) is 0.732. The van der Waals surface area contributed by atoms with E-state index in [9.17, 15) is 14.4 Å². The first-order valence-corrected chi connectivity index (χ1v) is 10.9. The number of hydrogen-bond acceptors (Lipinski definition) is 4. The Morgan fingerprint density at radius 2 is 1.50 bits per heavy atom. The number of rotatable bonds is 10. The second-order valence-electron chi connectivity index (χ2n) is 7.99. The molecule has 0 spiro atoms. The lowest BCUT2D eigenvalue weighted by Gasteiger charge is -2.27. The van der Waals surface area contributed by atoms with Gasteiger partial charge in [0.2, 0.25) is 5.91 Å². The highest BCUT2D eigenvalue weighted by Gasteiger charge is 2.29. The first-order valence-electron chi connectivity index (χ1n) is 10.9. The molecule has 0 aliphatic rings. The highest BCUT2D eigenvalue weighted by molar-refractivity contribution is 5.96. The van der Waals surface area contributed by atoms with Crippen molar-refractivity contribution in [2.45, 2.75) is 45.7 Å². The van der Waals surface area contributed by atoms with E-state index in [4.69, 9.17) is 4.74 Å². The molecule has 3 amide bonds. The van der Waals surface area contributed by atoms with Crippen molar-refractivity contribution >= 4 is 23.6 Å². The Hall–Kier alpha value is -3.35. The summed E-state index contributed by atoms with van der Waals surface area (Å²) in [5.41, 5.74) is 1.63. The number of hydrogen-bond donors (Lipinski definition) is 2. The van der Waals surface area contributed by atoms with Gasteiger partial charge in [-0.25, -0.2) is 9.59 Å². The highest BCUT2D eigenvalue weighted by Crippen LogP contribution is 2.14. The largest absolute Gasteiger partial charge is 0.467 e. The molecular weight excluding hydrogens is 406 g/mol. The number of ether oxygens (including phenoxy) is 1. The molecule has 32 heavy (non-hydrogen) atoms. The van der Waals surface area contributed by atoms with Gasteiger partial charge in [0.15, 0.2) is 0 Å². The van der Waals surface area contributed by atoms with Crippen molar-refractivity contribution in [3.63, 3.8) is 0 Å². The van der Waals surface area contributed by atoms with Gasteiger partial charge in [0.05, 0.1) is 7.11 Å². The number of carbonyl (C=O) groups is 3. The van der Waals surface area contributed by atoms with Crippen LogP contribution in [0.3, 0.4) is 0 Å². The summed E-state index contributed by atoms with van der Waals surface area (Å²) in [6, 6.07) is 16.7. The summed E-state index contributed by atoms with van der Waals surface area (Å²) in [4.78, 5) is 40.0. The van der Waals surface area contributed by atoms with Crippen molar-refractivity contribution in [3.8, 4) is 0 Å². The molecule has 2 atom stereocenters. The SMILES string of the molecule is CCN(C(=O)N[C@@H](Cc1ccccc1)C(=O)N[C@@H](CC(C)C)C(=O)OC)c1ccccc1. The molecule has 0 aliphatic heterocycles. The number of anilines is 1. The van der Waals surface area contributed by atoms with Crippen molar-refractivity contribution in [2.75, 3.05) is 18.6 Å². The Balaban J connectivity index is 2.23. The van der Waals surface area contributed by atoms with E-state index in [1.54, 1.807) is 4.90 Å². The van der Waals surface area contributed by atoms with Gasteiger partial charge in [-0.3, -0.25) is 9.69 Å². The zero-order valence-electron chi connectivity index (χ0n) is 19.2. The zero-order valence-corrected chi connectivity index (χ0v) is 19.2. The highest BCUT2D eigenvalue weighted by atomic mass is 16.5. The molecule has 0 aromatic heterocycles. The third kappa shape index (κ3) is 7.41. The molecule has 0 heterocycles. The molecule has 2 aromatic carbocycles. The maximum Gasteiger partial charge on any atom is 0.328 e. The van der Waals surface area contributed by atoms with Crippen LogP contribution in [0.2, 0.25) is 0 Å². The van der Waals surface area contributed by atoms with Crippen molar-refractivity contribution < 1.29 is 19.1 Å².